The number of carbonyl (C=O) groups is 1. The summed E-state index contributed by atoms with van der Waals surface area (Å²) in [5.74, 6) is -0.211. The highest BCUT2D eigenvalue weighted by atomic mass is 35.5. The van der Waals surface area contributed by atoms with Gasteiger partial charge >= 0.3 is 0 Å². The van der Waals surface area contributed by atoms with Crippen molar-refractivity contribution in [3.63, 3.8) is 0 Å². The zero-order valence-electron chi connectivity index (χ0n) is 16.7. The molecule has 3 aromatic rings. The van der Waals surface area contributed by atoms with E-state index in [1.54, 1.807) is 31.2 Å². The van der Waals surface area contributed by atoms with E-state index in [4.69, 9.17) is 16.3 Å². The van der Waals surface area contributed by atoms with Crippen LogP contribution >= 0.6 is 22.9 Å². The zero-order chi connectivity index (χ0) is 22.6. The fraction of sp³-hybridized carbons (Fsp3) is 0.150. The molecule has 11 heteroatoms. The van der Waals surface area contributed by atoms with Crippen molar-refractivity contribution in [2.24, 2.45) is 0 Å². The number of ether oxygens (including phenoxy) is 1. The van der Waals surface area contributed by atoms with Crippen LogP contribution < -0.4 is 14.4 Å². The summed E-state index contributed by atoms with van der Waals surface area (Å²) in [5.41, 5.74) is 0.337. The van der Waals surface area contributed by atoms with Crippen molar-refractivity contribution in [2.75, 3.05) is 23.3 Å². The number of hydrogen-bond acceptors (Lipinski definition) is 7. The predicted octanol–water partition coefficient (Wildman–Crippen LogP) is 4.14. The SMILES string of the molecule is C=CCN(c1ccccc1OC)S(=O)(=O)c1ccc(Cl)c(C(=O)Nc2nnc(C)s2)c1. The summed E-state index contributed by atoms with van der Waals surface area (Å²) < 4.78 is 33.4. The van der Waals surface area contributed by atoms with Crippen LogP contribution in [-0.2, 0) is 10.0 Å². The number of carbonyl (C=O) groups excluding carboxylic acids is 1. The number of aromatic nitrogens is 2. The normalized spacial score (nSPS) is 11.1. The van der Waals surface area contributed by atoms with Crippen molar-refractivity contribution in [1.82, 2.24) is 10.2 Å². The Balaban J connectivity index is 2.02. The molecule has 0 aliphatic carbocycles. The molecule has 0 saturated heterocycles. The monoisotopic (exact) mass is 478 g/mol. The molecular formula is C20H19ClN4O4S2. The van der Waals surface area contributed by atoms with Gasteiger partial charge in [-0.05, 0) is 37.3 Å². The summed E-state index contributed by atoms with van der Waals surface area (Å²) in [6, 6.07) is 10.7. The summed E-state index contributed by atoms with van der Waals surface area (Å²) in [4.78, 5) is 12.6. The largest absolute Gasteiger partial charge is 0.495 e. The zero-order valence-corrected chi connectivity index (χ0v) is 19.1. The summed E-state index contributed by atoms with van der Waals surface area (Å²) in [6.45, 7) is 5.40. The van der Waals surface area contributed by atoms with Gasteiger partial charge in [0.15, 0.2) is 0 Å². The maximum atomic E-state index is 13.5. The standard InChI is InChI=1S/C20H19ClN4O4S2/c1-4-11-25(17-7-5-6-8-18(17)29-3)31(27,28)14-9-10-16(21)15(12-14)19(26)22-20-24-23-13(2)30-20/h4-10,12H,1,11H2,2-3H3,(H,22,24,26). The summed E-state index contributed by atoms with van der Waals surface area (Å²) >= 11 is 7.37. The number of rotatable bonds is 8. The van der Waals surface area contributed by atoms with Crippen molar-refractivity contribution in [3.8, 4) is 5.75 Å². The number of nitrogens with one attached hydrogen (secondary N) is 1. The third kappa shape index (κ3) is 4.87. The second kappa shape index (κ2) is 9.46. The number of sulfonamides is 1. The van der Waals surface area contributed by atoms with E-state index in [1.807, 2.05) is 0 Å². The van der Waals surface area contributed by atoms with Gasteiger partial charge in [-0.2, -0.15) is 0 Å². The minimum absolute atomic E-state index is 0.00305. The number of nitrogens with zero attached hydrogens (tertiary/aromatic N) is 3. The number of amides is 1. The Morgan fingerprint density at radius 1 is 1.29 bits per heavy atom. The molecule has 31 heavy (non-hydrogen) atoms. The Kier molecular flexibility index (Phi) is 6.94. The first-order valence-corrected chi connectivity index (χ1v) is 11.6. The van der Waals surface area contributed by atoms with Gasteiger partial charge in [-0.15, -0.1) is 16.8 Å². The molecule has 0 radical (unpaired) electrons. The van der Waals surface area contributed by atoms with Crippen molar-refractivity contribution >= 4 is 49.7 Å². The lowest BCUT2D eigenvalue weighted by Gasteiger charge is -2.25. The fourth-order valence-electron chi connectivity index (χ4n) is 2.76. The maximum absolute atomic E-state index is 13.5. The summed E-state index contributed by atoms with van der Waals surface area (Å²) in [7, 11) is -2.62. The van der Waals surface area contributed by atoms with Crippen LogP contribution in [0.25, 0.3) is 0 Å². The molecule has 2 aromatic carbocycles. The number of halogens is 1. The van der Waals surface area contributed by atoms with Gasteiger partial charge in [0.25, 0.3) is 15.9 Å². The summed E-state index contributed by atoms with van der Waals surface area (Å²) in [6.07, 6.45) is 1.46. The van der Waals surface area contributed by atoms with Crippen LogP contribution in [0.15, 0.2) is 60.0 Å². The van der Waals surface area contributed by atoms with Crippen LogP contribution in [0.4, 0.5) is 10.8 Å². The molecule has 162 valence electrons. The molecule has 0 spiro atoms. The van der Waals surface area contributed by atoms with Crippen LogP contribution in [-0.4, -0.2) is 38.2 Å². The van der Waals surface area contributed by atoms with Crippen molar-refractivity contribution in [2.45, 2.75) is 11.8 Å². The van der Waals surface area contributed by atoms with Gasteiger partial charge < -0.3 is 4.74 Å². The molecular weight excluding hydrogens is 460 g/mol. The molecule has 0 aliphatic heterocycles. The molecule has 0 atom stereocenters. The van der Waals surface area contributed by atoms with Crippen LogP contribution in [0.3, 0.4) is 0 Å². The molecule has 0 fully saturated rings. The number of benzene rings is 2. The van der Waals surface area contributed by atoms with E-state index in [-0.39, 0.29) is 27.2 Å². The lowest BCUT2D eigenvalue weighted by Crippen LogP contribution is -2.31. The Morgan fingerprint density at radius 3 is 2.68 bits per heavy atom. The van der Waals surface area contributed by atoms with E-state index in [0.717, 1.165) is 4.31 Å². The van der Waals surface area contributed by atoms with E-state index in [0.29, 0.717) is 16.4 Å². The molecule has 0 saturated carbocycles. The highest BCUT2D eigenvalue weighted by Gasteiger charge is 2.28. The predicted molar refractivity (Wildman–Crippen MR) is 122 cm³/mol. The number of methoxy groups -OCH3 is 1. The number of para-hydroxylation sites is 2. The minimum Gasteiger partial charge on any atom is -0.495 e. The van der Waals surface area contributed by atoms with Gasteiger partial charge in [-0.1, -0.05) is 41.1 Å². The third-order valence-electron chi connectivity index (χ3n) is 4.17. The number of anilines is 2. The van der Waals surface area contributed by atoms with E-state index in [9.17, 15) is 13.2 Å². The van der Waals surface area contributed by atoms with E-state index >= 15 is 0 Å². The molecule has 1 N–H and O–H groups in total. The molecule has 0 unspecified atom stereocenters. The van der Waals surface area contributed by atoms with Crippen LogP contribution in [0.2, 0.25) is 5.02 Å². The van der Waals surface area contributed by atoms with E-state index in [1.165, 1.54) is 42.7 Å². The van der Waals surface area contributed by atoms with Gasteiger partial charge in [-0.25, -0.2) is 8.42 Å². The van der Waals surface area contributed by atoms with Crippen molar-refractivity contribution < 1.29 is 17.9 Å². The van der Waals surface area contributed by atoms with Crippen molar-refractivity contribution in [3.05, 3.63) is 70.7 Å². The molecule has 1 heterocycles. The lowest BCUT2D eigenvalue weighted by molar-refractivity contribution is 0.102. The molecule has 0 aliphatic rings. The average Bonchev–Trinajstić information content (AvgIpc) is 3.16. The van der Waals surface area contributed by atoms with Gasteiger partial charge in [-0.3, -0.25) is 14.4 Å². The fourth-order valence-corrected chi connectivity index (χ4v) is 5.02. The Morgan fingerprint density at radius 2 is 2.03 bits per heavy atom. The smallest absolute Gasteiger partial charge is 0.264 e. The van der Waals surface area contributed by atoms with Gasteiger partial charge in [0.05, 0.1) is 34.8 Å². The number of aryl methyl sites for hydroxylation is 1. The second-order valence-corrected chi connectivity index (χ2v) is 9.67. The topological polar surface area (TPSA) is 101 Å². The van der Waals surface area contributed by atoms with E-state index < -0.39 is 15.9 Å². The first kappa shape index (κ1) is 22.7. The molecule has 1 aromatic heterocycles. The molecule has 8 nitrogen and oxygen atoms in total. The van der Waals surface area contributed by atoms with Gasteiger partial charge in [0, 0.05) is 0 Å². The van der Waals surface area contributed by atoms with E-state index in [2.05, 4.69) is 22.1 Å². The van der Waals surface area contributed by atoms with Gasteiger partial charge in [0.1, 0.15) is 10.8 Å². The minimum atomic E-state index is -4.07. The van der Waals surface area contributed by atoms with Crippen LogP contribution in [0, 0.1) is 6.92 Å². The molecule has 1 amide bonds. The quantitative estimate of drug-likeness (QED) is 0.488. The number of hydrogen-bond donors (Lipinski definition) is 1. The van der Waals surface area contributed by atoms with Crippen molar-refractivity contribution in [1.29, 1.82) is 0 Å². The first-order valence-electron chi connectivity index (χ1n) is 8.95. The molecule has 0 bridgehead atoms. The Labute approximate surface area is 189 Å². The molecule has 3 rings (SSSR count). The highest BCUT2D eigenvalue weighted by Crippen LogP contribution is 2.33. The Bertz CT molecular complexity index is 1230. The third-order valence-corrected chi connectivity index (χ3v) is 7.03. The highest BCUT2D eigenvalue weighted by molar-refractivity contribution is 7.92. The maximum Gasteiger partial charge on any atom is 0.264 e. The average molecular weight is 479 g/mol. The first-order chi connectivity index (χ1) is 14.8. The second-order valence-electron chi connectivity index (χ2n) is 6.22. The van der Waals surface area contributed by atoms with Crippen LogP contribution in [0.5, 0.6) is 5.75 Å². The summed E-state index contributed by atoms with van der Waals surface area (Å²) in [5, 5.41) is 11.3. The lowest BCUT2D eigenvalue weighted by atomic mass is 10.2. The Hall–Kier alpha value is -2.95. The van der Waals surface area contributed by atoms with Crippen LogP contribution in [0.1, 0.15) is 15.4 Å². The van der Waals surface area contributed by atoms with Gasteiger partial charge in [0.2, 0.25) is 5.13 Å².